The molecule has 0 bridgehead atoms. The maximum Gasteiger partial charge on any atom is 0.255 e. The molecule has 0 aliphatic carbocycles. The van der Waals surface area contributed by atoms with E-state index in [1.165, 1.54) is 5.56 Å². The van der Waals surface area contributed by atoms with Crippen LogP contribution in [0.1, 0.15) is 24.8 Å². The summed E-state index contributed by atoms with van der Waals surface area (Å²) in [6.07, 6.45) is 3.03. The first-order valence-corrected chi connectivity index (χ1v) is 7.98. The van der Waals surface area contributed by atoms with E-state index in [9.17, 15) is 14.3 Å². The predicted octanol–water partition coefficient (Wildman–Crippen LogP) is 1.53. The van der Waals surface area contributed by atoms with Crippen LogP contribution in [0.3, 0.4) is 0 Å². The molecule has 1 saturated heterocycles. The molecule has 1 unspecified atom stereocenters. The second-order valence-corrected chi connectivity index (χ2v) is 5.88. The van der Waals surface area contributed by atoms with Gasteiger partial charge in [0.15, 0.2) is 5.60 Å². The number of nitrogens with zero attached hydrogens (tertiary/aromatic N) is 1. The lowest BCUT2D eigenvalue weighted by atomic mass is 9.91. The van der Waals surface area contributed by atoms with E-state index in [-0.39, 0.29) is 19.0 Å². The first kappa shape index (κ1) is 16.9. The van der Waals surface area contributed by atoms with Gasteiger partial charge in [-0.2, -0.15) is 0 Å². The Labute approximate surface area is 131 Å². The first-order chi connectivity index (χ1) is 10.7. The molecule has 1 amide bonds. The quantitative estimate of drug-likeness (QED) is 0.716. The van der Waals surface area contributed by atoms with E-state index in [2.05, 4.69) is 17.4 Å². The van der Waals surface area contributed by atoms with Gasteiger partial charge in [-0.3, -0.25) is 4.79 Å². The molecular weight excluding hydrogens is 283 g/mol. The topological polar surface area (TPSA) is 52.6 Å². The minimum Gasteiger partial charge on any atom is -0.379 e. The summed E-state index contributed by atoms with van der Waals surface area (Å²) in [5.41, 5.74) is -0.119. The number of alkyl halides is 1. The molecule has 0 saturated carbocycles. The fraction of sp³-hybridized carbons (Fsp3) is 0.588. The minimum atomic E-state index is -1.37. The lowest BCUT2D eigenvalue weighted by molar-refractivity contribution is -0.156. The molecule has 0 spiro atoms. The van der Waals surface area contributed by atoms with Crippen molar-refractivity contribution in [3.8, 4) is 0 Å². The van der Waals surface area contributed by atoms with Crippen molar-refractivity contribution in [1.29, 1.82) is 0 Å². The van der Waals surface area contributed by atoms with Crippen LogP contribution in [-0.4, -0.2) is 54.4 Å². The van der Waals surface area contributed by atoms with Crippen LogP contribution in [0.2, 0.25) is 0 Å². The van der Waals surface area contributed by atoms with Crippen molar-refractivity contribution in [2.45, 2.75) is 31.3 Å². The van der Waals surface area contributed by atoms with Crippen LogP contribution in [0.25, 0.3) is 0 Å². The van der Waals surface area contributed by atoms with Crippen molar-refractivity contribution in [1.82, 2.24) is 10.2 Å². The molecule has 4 nitrogen and oxygen atoms in total. The molecule has 0 aromatic heterocycles. The Balaban J connectivity index is 1.82. The molecule has 1 aliphatic rings. The standard InChI is InChI=1S/C17H25FN2O2/c18-10-11-19-14-17(22)9-5-13-20(16(17)21)12-4-8-15-6-2-1-3-7-15/h1-3,6-7,19,22H,4-5,8-14H2. The number of aryl methyl sites for hydroxylation is 1. The number of hydrogen-bond acceptors (Lipinski definition) is 3. The number of piperidine rings is 1. The molecule has 2 rings (SSSR count). The van der Waals surface area contributed by atoms with E-state index >= 15 is 0 Å². The zero-order valence-electron chi connectivity index (χ0n) is 12.9. The Morgan fingerprint density at radius 3 is 2.82 bits per heavy atom. The number of aliphatic hydroxyl groups is 1. The van der Waals surface area contributed by atoms with Gasteiger partial charge >= 0.3 is 0 Å². The Hall–Kier alpha value is -1.46. The summed E-state index contributed by atoms with van der Waals surface area (Å²) >= 11 is 0. The Bertz CT molecular complexity index is 469. The maximum atomic E-state index is 12.4. The predicted molar refractivity (Wildman–Crippen MR) is 84.4 cm³/mol. The number of carbonyl (C=O) groups is 1. The number of halogens is 1. The van der Waals surface area contributed by atoms with Gasteiger partial charge in [-0.05, 0) is 31.2 Å². The largest absolute Gasteiger partial charge is 0.379 e. The molecule has 1 aliphatic heterocycles. The third-order valence-electron chi connectivity index (χ3n) is 4.13. The third kappa shape index (κ3) is 4.52. The fourth-order valence-corrected chi connectivity index (χ4v) is 2.92. The van der Waals surface area contributed by atoms with Crippen LogP contribution in [0.4, 0.5) is 4.39 Å². The van der Waals surface area contributed by atoms with Crippen LogP contribution in [-0.2, 0) is 11.2 Å². The van der Waals surface area contributed by atoms with Gasteiger partial charge in [0.25, 0.3) is 5.91 Å². The molecule has 1 atom stereocenters. The molecule has 0 radical (unpaired) electrons. The number of nitrogens with one attached hydrogen (secondary N) is 1. The number of likely N-dealkylation sites (tertiary alicyclic amines) is 1. The van der Waals surface area contributed by atoms with E-state index in [0.717, 1.165) is 19.3 Å². The van der Waals surface area contributed by atoms with E-state index in [0.29, 0.717) is 19.5 Å². The molecular formula is C17H25FN2O2. The molecule has 1 aromatic rings. The summed E-state index contributed by atoms with van der Waals surface area (Å²) in [6, 6.07) is 10.2. The average Bonchev–Trinajstić information content (AvgIpc) is 2.53. The molecule has 122 valence electrons. The van der Waals surface area contributed by atoms with Crippen LogP contribution >= 0.6 is 0 Å². The number of hydrogen-bond donors (Lipinski definition) is 2. The van der Waals surface area contributed by atoms with Crippen LogP contribution < -0.4 is 5.32 Å². The monoisotopic (exact) mass is 308 g/mol. The second-order valence-electron chi connectivity index (χ2n) is 5.88. The lowest BCUT2D eigenvalue weighted by Gasteiger charge is -2.38. The summed E-state index contributed by atoms with van der Waals surface area (Å²) in [5, 5.41) is 13.3. The van der Waals surface area contributed by atoms with Gasteiger partial charge in [0.05, 0.1) is 0 Å². The van der Waals surface area contributed by atoms with Gasteiger partial charge in [0.1, 0.15) is 6.67 Å². The Morgan fingerprint density at radius 1 is 1.32 bits per heavy atom. The number of rotatable bonds is 8. The molecule has 22 heavy (non-hydrogen) atoms. The Kier molecular flexibility index (Phi) is 6.34. The summed E-state index contributed by atoms with van der Waals surface area (Å²) in [7, 11) is 0. The smallest absolute Gasteiger partial charge is 0.255 e. The van der Waals surface area contributed by atoms with Gasteiger partial charge < -0.3 is 15.3 Å². The zero-order chi connectivity index (χ0) is 15.8. The van der Waals surface area contributed by atoms with Crippen LogP contribution in [0, 0.1) is 0 Å². The highest BCUT2D eigenvalue weighted by molar-refractivity contribution is 5.86. The number of carbonyl (C=O) groups excluding carboxylic acids is 1. The van der Waals surface area contributed by atoms with Crippen LogP contribution in [0.5, 0.6) is 0 Å². The van der Waals surface area contributed by atoms with Crippen molar-refractivity contribution in [2.75, 3.05) is 32.9 Å². The maximum absolute atomic E-state index is 12.4. The summed E-state index contributed by atoms with van der Waals surface area (Å²) in [4.78, 5) is 14.2. The van der Waals surface area contributed by atoms with Gasteiger partial charge in [0, 0.05) is 26.2 Å². The van der Waals surface area contributed by atoms with E-state index in [1.807, 2.05) is 18.2 Å². The highest BCUT2D eigenvalue weighted by atomic mass is 19.1. The fourth-order valence-electron chi connectivity index (χ4n) is 2.92. The van der Waals surface area contributed by atoms with Crippen molar-refractivity contribution in [3.05, 3.63) is 35.9 Å². The molecule has 1 fully saturated rings. The van der Waals surface area contributed by atoms with E-state index in [4.69, 9.17) is 0 Å². The van der Waals surface area contributed by atoms with E-state index in [1.54, 1.807) is 4.90 Å². The van der Waals surface area contributed by atoms with Gasteiger partial charge in [0.2, 0.25) is 0 Å². The van der Waals surface area contributed by atoms with Gasteiger partial charge in [-0.25, -0.2) is 4.39 Å². The molecule has 1 heterocycles. The van der Waals surface area contributed by atoms with Crippen molar-refractivity contribution in [2.24, 2.45) is 0 Å². The van der Waals surface area contributed by atoms with Crippen molar-refractivity contribution < 1.29 is 14.3 Å². The second kappa shape index (κ2) is 8.25. The number of benzene rings is 1. The lowest BCUT2D eigenvalue weighted by Crippen LogP contribution is -2.58. The van der Waals surface area contributed by atoms with Gasteiger partial charge in [-0.15, -0.1) is 0 Å². The average molecular weight is 308 g/mol. The molecule has 1 aromatic carbocycles. The van der Waals surface area contributed by atoms with Gasteiger partial charge in [-0.1, -0.05) is 30.3 Å². The molecule has 5 heteroatoms. The highest BCUT2D eigenvalue weighted by Gasteiger charge is 2.41. The SMILES string of the molecule is O=C1N(CCCc2ccccc2)CCCC1(O)CNCCF. The summed E-state index contributed by atoms with van der Waals surface area (Å²) in [6.45, 7) is 1.15. The summed E-state index contributed by atoms with van der Waals surface area (Å²) in [5.74, 6) is -0.224. The van der Waals surface area contributed by atoms with E-state index < -0.39 is 12.3 Å². The molecule has 2 N–H and O–H groups in total. The van der Waals surface area contributed by atoms with Crippen LogP contribution in [0.15, 0.2) is 30.3 Å². The minimum absolute atomic E-state index is 0.130. The Morgan fingerprint density at radius 2 is 2.09 bits per heavy atom. The van der Waals surface area contributed by atoms with Crippen molar-refractivity contribution >= 4 is 5.91 Å². The first-order valence-electron chi connectivity index (χ1n) is 7.98. The third-order valence-corrected chi connectivity index (χ3v) is 4.13. The highest BCUT2D eigenvalue weighted by Crippen LogP contribution is 2.22. The van der Waals surface area contributed by atoms with Crippen molar-refractivity contribution in [3.63, 3.8) is 0 Å². The summed E-state index contributed by atoms with van der Waals surface area (Å²) < 4.78 is 12.1. The number of amides is 1. The normalized spacial score (nSPS) is 22.1. The zero-order valence-corrected chi connectivity index (χ0v) is 12.9.